The molecule has 0 saturated carbocycles. The van der Waals surface area contributed by atoms with Crippen LogP contribution in [0.3, 0.4) is 0 Å². The first kappa shape index (κ1) is 16.1. The fourth-order valence-corrected chi connectivity index (χ4v) is 3.19. The predicted octanol–water partition coefficient (Wildman–Crippen LogP) is 3.77. The molecule has 3 aromatic rings. The van der Waals surface area contributed by atoms with Crippen molar-refractivity contribution >= 4 is 12.2 Å². The van der Waals surface area contributed by atoms with Crippen LogP contribution in [0.4, 0.5) is 0 Å². The van der Waals surface area contributed by atoms with Crippen molar-refractivity contribution in [3.63, 3.8) is 0 Å². The zero-order valence-electron chi connectivity index (χ0n) is 14.1. The van der Waals surface area contributed by atoms with Crippen LogP contribution in [-0.2, 0) is 13.2 Å². The smallest absolute Gasteiger partial charge is 0.217 e. The van der Waals surface area contributed by atoms with Gasteiger partial charge in [-0.1, -0.05) is 48.0 Å². The van der Waals surface area contributed by atoms with Gasteiger partial charge in [0.25, 0.3) is 0 Å². The topological polar surface area (TPSA) is 46.1 Å². The number of nitrogens with one attached hydrogen (secondary N) is 1. The van der Waals surface area contributed by atoms with Crippen LogP contribution in [0.2, 0.25) is 0 Å². The van der Waals surface area contributed by atoms with Gasteiger partial charge in [0.05, 0.1) is 6.67 Å². The number of aryl methyl sites for hydroxylation is 1. The summed E-state index contributed by atoms with van der Waals surface area (Å²) in [6.45, 7) is 5.08. The molecule has 0 bridgehead atoms. The first-order chi connectivity index (χ1) is 12.2. The van der Waals surface area contributed by atoms with E-state index in [1.165, 1.54) is 11.1 Å². The van der Waals surface area contributed by atoms with Gasteiger partial charge in [0.1, 0.15) is 12.4 Å². The van der Waals surface area contributed by atoms with Gasteiger partial charge in [-0.25, -0.2) is 4.68 Å². The van der Waals surface area contributed by atoms with Crippen LogP contribution in [-0.4, -0.2) is 32.8 Å². The average Bonchev–Trinajstić information content (AvgIpc) is 2.85. The van der Waals surface area contributed by atoms with Gasteiger partial charge in [-0.05, 0) is 25.2 Å². The van der Waals surface area contributed by atoms with Crippen molar-refractivity contribution in [2.45, 2.75) is 20.1 Å². The maximum atomic E-state index is 5.83. The first-order valence-electron chi connectivity index (χ1n) is 8.36. The number of hydrogen-bond donors (Lipinski definition) is 1. The Labute approximate surface area is 151 Å². The van der Waals surface area contributed by atoms with Gasteiger partial charge in [0.15, 0.2) is 5.82 Å². The molecule has 0 fully saturated rings. The number of aromatic amines is 1. The highest BCUT2D eigenvalue weighted by atomic mass is 32.1. The summed E-state index contributed by atoms with van der Waals surface area (Å²) in [5, 5.41) is 3.33. The van der Waals surface area contributed by atoms with Crippen LogP contribution in [0, 0.1) is 11.7 Å². The van der Waals surface area contributed by atoms with Gasteiger partial charge in [0, 0.05) is 24.2 Å². The Hall–Kier alpha value is -2.44. The molecule has 0 unspecified atom stereocenters. The number of H-pyrrole nitrogens is 1. The molecular weight excluding hydrogens is 332 g/mol. The highest BCUT2D eigenvalue weighted by molar-refractivity contribution is 7.71. The summed E-state index contributed by atoms with van der Waals surface area (Å²) in [7, 11) is 0. The van der Waals surface area contributed by atoms with E-state index in [1.54, 1.807) is 0 Å². The number of hydrogen-bond acceptors (Lipinski definition) is 4. The molecule has 5 nitrogen and oxygen atoms in total. The molecule has 0 amide bonds. The summed E-state index contributed by atoms with van der Waals surface area (Å²) in [5.41, 5.74) is 3.47. The number of benzene rings is 2. The lowest BCUT2D eigenvalue weighted by atomic mass is 10.1. The number of nitrogens with zero attached hydrogens (tertiary/aromatic N) is 3. The van der Waals surface area contributed by atoms with Gasteiger partial charge >= 0.3 is 0 Å². The summed E-state index contributed by atoms with van der Waals surface area (Å²) in [4.78, 5) is 6.81. The van der Waals surface area contributed by atoms with Gasteiger partial charge in [0.2, 0.25) is 4.77 Å². The van der Waals surface area contributed by atoms with E-state index in [0.29, 0.717) is 18.0 Å². The molecule has 1 aliphatic rings. The molecule has 0 atom stereocenters. The van der Waals surface area contributed by atoms with E-state index in [9.17, 15) is 0 Å². The Kier molecular flexibility index (Phi) is 4.38. The number of para-hydroxylation sites is 1. The maximum Gasteiger partial charge on any atom is 0.217 e. The fraction of sp³-hybridized carbons (Fsp3) is 0.263. The van der Waals surface area contributed by atoms with Crippen LogP contribution >= 0.6 is 12.2 Å². The van der Waals surface area contributed by atoms with Crippen molar-refractivity contribution in [1.29, 1.82) is 0 Å². The molecule has 0 spiro atoms. The number of rotatable bonds is 3. The lowest BCUT2D eigenvalue weighted by molar-refractivity contribution is 0.177. The monoisotopic (exact) mass is 352 g/mol. The second-order valence-corrected chi connectivity index (χ2v) is 6.66. The number of ether oxygens (including phenoxy) is 1. The van der Waals surface area contributed by atoms with Crippen molar-refractivity contribution in [2.24, 2.45) is 0 Å². The minimum atomic E-state index is 0.564. The van der Waals surface area contributed by atoms with Crippen LogP contribution < -0.4 is 4.74 Å². The van der Waals surface area contributed by atoms with Crippen LogP contribution in [0.1, 0.15) is 11.1 Å². The van der Waals surface area contributed by atoms with E-state index in [1.807, 2.05) is 22.9 Å². The van der Waals surface area contributed by atoms with E-state index in [0.717, 1.165) is 30.2 Å². The van der Waals surface area contributed by atoms with E-state index in [-0.39, 0.29) is 0 Å². The Morgan fingerprint density at radius 3 is 2.80 bits per heavy atom. The normalized spacial score (nSPS) is 14.6. The molecule has 0 saturated heterocycles. The first-order valence-corrected chi connectivity index (χ1v) is 8.77. The molecular formula is C19H20N4OS. The average molecular weight is 352 g/mol. The molecule has 6 heteroatoms. The molecule has 4 rings (SSSR count). The molecule has 2 heterocycles. The van der Waals surface area contributed by atoms with E-state index < -0.39 is 0 Å². The zero-order chi connectivity index (χ0) is 17.2. The highest BCUT2D eigenvalue weighted by Gasteiger charge is 2.16. The SMILES string of the molecule is Cc1ccc(-c2nc(=S)n(CN3CCOc4ccccc4C3)[nH]2)cc1. The van der Waals surface area contributed by atoms with Crippen molar-refractivity contribution in [1.82, 2.24) is 19.7 Å². The molecule has 25 heavy (non-hydrogen) atoms. The highest BCUT2D eigenvalue weighted by Crippen LogP contribution is 2.23. The predicted molar refractivity (Wildman–Crippen MR) is 99.9 cm³/mol. The lowest BCUT2D eigenvalue weighted by Gasteiger charge is -2.19. The van der Waals surface area contributed by atoms with Crippen molar-refractivity contribution < 1.29 is 4.74 Å². The largest absolute Gasteiger partial charge is 0.492 e. The second-order valence-electron chi connectivity index (χ2n) is 6.30. The third-order valence-electron chi connectivity index (χ3n) is 4.38. The maximum absolute atomic E-state index is 5.83. The molecule has 1 N–H and O–H groups in total. The summed E-state index contributed by atoms with van der Waals surface area (Å²) >= 11 is 5.44. The van der Waals surface area contributed by atoms with E-state index >= 15 is 0 Å². The Morgan fingerprint density at radius 2 is 1.96 bits per heavy atom. The summed E-state index contributed by atoms with van der Waals surface area (Å²) in [6, 6.07) is 16.5. The zero-order valence-corrected chi connectivity index (χ0v) is 14.9. The molecule has 1 aliphatic heterocycles. The second kappa shape index (κ2) is 6.82. The van der Waals surface area contributed by atoms with Crippen LogP contribution in [0.25, 0.3) is 11.4 Å². The van der Waals surface area contributed by atoms with E-state index in [4.69, 9.17) is 17.0 Å². The quantitative estimate of drug-likeness (QED) is 0.729. The Balaban J connectivity index is 1.55. The third-order valence-corrected chi connectivity index (χ3v) is 4.69. The molecule has 128 valence electrons. The van der Waals surface area contributed by atoms with Gasteiger partial charge < -0.3 is 4.74 Å². The third kappa shape index (κ3) is 3.50. The summed E-state index contributed by atoms with van der Waals surface area (Å²) in [6.07, 6.45) is 0. The Bertz CT molecular complexity index is 929. The van der Waals surface area contributed by atoms with E-state index in [2.05, 4.69) is 52.2 Å². The van der Waals surface area contributed by atoms with Crippen LogP contribution in [0.5, 0.6) is 5.75 Å². The number of fused-ring (bicyclic) bond motifs is 1. The minimum absolute atomic E-state index is 0.564. The van der Waals surface area contributed by atoms with Crippen molar-refractivity contribution in [3.05, 3.63) is 64.4 Å². The van der Waals surface area contributed by atoms with Gasteiger partial charge in [-0.3, -0.25) is 10.00 Å². The fourth-order valence-electron chi connectivity index (χ4n) is 2.99. The molecule has 0 radical (unpaired) electrons. The number of aromatic nitrogens is 3. The Morgan fingerprint density at radius 1 is 1.16 bits per heavy atom. The van der Waals surface area contributed by atoms with Crippen molar-refractivity contribution in [3.8, 4) is 17.1 Å². The standard InChI is InChI=1S/C19H20N4OS/c1-14-6-8-15(9-7-14)18-20-19(25)23(21-18)13-22-10-11-24-17-5-3-2-4-16(17)12-22/h2-9H,10-13H2,1H3,(H,20,21,25). The molecule has 2 aromatic carbocycles. The minimum Gasteiger partial charge on any atom is -0.492 e. The summed E-state index contributed by atoms with van der Waals surface area (Å²) < 4.78 is 8.31. The van der Waals surface area contributed by atoms with Crippen molar-refractivity contribution in [2.75, 3.05) is 13.2 Å². The lowest BCUT2D eigenvalue weighted by Crippen LogP contribution is -2.28. The molecule has 0 aliphatic carbocycles. The van der Waals surface area contributed by atoms with Gasteiger partial charge in [-0.2, -0.15) is 4.98 Å². The van der Waals surface area contributed by atoms with Crippen LogP contribution in [0.15, 0.2) is 48.5 Å². The van der Waals surface area contributed by atoms with Gasteiger partial charge in [-0.15, -0.1) is 0 Å². The summed E-state index contributed by atoms with van der Waals surface area (Å²) in [5.74, 6) is 1.77. The molecule has 1 aromatic heterocycles.